The van der Waals surface area contributed by atoms with Gasteiger partial charge in [-0.2, -0.15) is 39.5 Å². The molecule has 0 radical (unpaired) electrons. The number of halogens is 9. The van der Waals surface area contributed by atoms with Gasteiger partial charge in [0.1, 0.15) is 0 Å². The lowest BCUT2D eigenvalue weighted by molar-refractivity contribution is -0.146. The molecule has 0 aliphatic rings. The first-order valence-corrected chi connectivity index (χ1v) is 13.4. The first kappa shape index (κ1) is 35.5. The highest BCUT2D eigenvalue weighted by Crippen LogP contribution is 2.57. The summed E-state index contributed by atoms with van der Waals surface area (Å²) in [4.78, 5) is 35.9. The van der Waals surface area contributed by atoms with Crippen LogP contribution in [-0.2, 0) is 32.7 Å². The van der Waals surface area contributed by atoms with E-state index in [4.69, 9.17) is 0 Å². The van der Waals surface area contributed by atoms with Crippen LogP contribution in [0, 0.1) is 0 Å². The summed E-state index contributed by atoms with van der Waals surface area (Å²) in [5.41, 5.74) is -15.2. The Morgan fingerprint density at radius 1 is 0.396 bits per heavy atom. The second kappa shape index (κ2) is 13.0. The van der Waals surface area contributed by atoms with Gasteiger partial charge in [0.25, 0.3) is 0 Å². The van der Waals surface area contributed by atoms with Gasteiger partial charge in [0.15, 0.2) is 0 Å². The molecule has 48 heavy (non-hydrogen) atoms. The monoisotopic (exact) mass is 684 g/mol. The Bertz CT molecular complexity index is 1620. The van der Waals surface area contributed by atoms with Crippen molar-refractivity contribution in [1.82, 2.24) is 0 Å². The maximum atomic E-state index is 15.1. The van der Waals surface area contributed by atoms with Gasteiger partial charge in [0, 0.05) is 16.7 Å². The SMILES string of the molecule is COC(=O)c1ccc(-c2c(C(F)(F)F)c(-c3ccc(C(=O)OC)cc3)c(C(F)(F)F)c(-c3ccc(C(=O)OC)cc3)c2C(F)(F)F)cc1. The maximum Gasteiger partial charge on any atom is 0.417 e. The Morgan fingerprint density at radius 3 is 0.729 bits per heavy atom. The number of alkyl halides is 9. The van der Waals surface area contributed by atoms with Gasteiger partial charge >= 0.3 is 36.4 Å². The van der Waals surface area contributed by atoms with Crippen LogP contribution in [0.4, 0.5) is 39.5 Å². The van der Waals surface area contributed by atoms with Crippen molar-refractivity contribution in [1.29, 1.82) is 0 Å². The highest BCUT2D eigenvalue weighted by atomic mass is 19.4. The quantitative estimate of drug-likeness (QED) is 0.115. The van der Waals surface area contributed by atoms with Crippen molar-refractivity contribution < 1.29 is 68.1 Å². The molecule has 4 aromatic carbocycles. The van der Waals surface area contributed by atoms with Crippen LogP contribution in [0.3, 0.4) is 0 Å². The van der Waals surface area contributed by atoms with Crippen LogP contribution in [0.25, 0.3) is 33.4 Å². The van der Waals surface area contributed by atoms with Gasteiger partial charge in [-0.05, 0) is 53.1 Å². The average Bonchev–Trinajstić information content (AvgIpc) is 3.04. The molecule has 0 amide bonds. The number of esters is 3. The fraction of sp³-hybridized carbons (Fsp3) is 0.182. The van der Waals surface area contributed by atoms with Gasteiger partial charge in [0.2, 0.25) is 0 Å². The lowest BCUT2D eigenvalue weighted by atomic mass is 9.78. The van der Waals surface area contributed by atoms with Crippen LogP contribution in [-0.4, -0.2) is 39.2 Å². The second-order valence-electron chi connectivity index (χ2n) is 9.95. The van der Waals surface area contributed by atoms with Crippen molar-refractivity contribution in [3.05, 3.63) is 106 Å². The van der Waals surface area contributed by atoms with E-state index < -0.39 is 86.5 Å². The van der Waals surface area contributed by atoms with Crippen molar-refractivity contribution in [2.75, 3.05) is 21.3 Å². The van der Waals surface area contributed by atoms with Crippen LogP contribution in [0.2, 0.25) is 0 Å². The maximum absolute atomic E-state index is 15.1. The third-order valence-corrected chi connectivity index (χ3v) is 7.13. The van der Waals surface area contributed by atoms with Gasteiger partial charge in [0.05, 0.1) is 54.7 Å². The van der Waals surface area contributed by atoms with Crippen LogP contribution < -0.4 is 0 Å². The van der Waals surface area contributed by atoms with E-state index in [1.807, 2.05) is 0 Å². The molecule has 6 nitrogen and oxygen atoms in total. The second-order valence-corrected chi connectivity index (χ2v) is 9.95. The number of ether oxygens (including phenoxy) is 3. The van der Waals surface area contributed by atoms with Crippen molar-refractivity contribution in [3.63, 3.8) is 0 Å². The van der Waals surface area contributed by atoms with Gasteiger partial charge in [-0.25, -0.2) is 14.4 Å². The standard InChI is InChI=1S/C33H21F9O6/c1-46-28(43)19-10-4-16(5-11-19)22-25(31(34,35)36)23(17-6-12-20(13-7-17)29(44)47-2)27(33(40,41)42)24(26(22)32(37,38)39)18-8-14-21(15-9-18)30(45)48-3/h4-15H,1-3H3. The molecule has 0 unspecified atom stereocenters. The molecule has 0 saturated heterocycles. The molecule has 252 valence electrons. The third kappa shape index (κ3) is 6.85. The molecule has 0 heterocycles. The average molecular weight is 685 g/mol. The Hall–Kier alpha value is -5.34. The Morgan fingerprint density at radius 2 is 0.583 bits per heavy atom. The first-order valence-electron chi connectivity index (χ1n) is 13.4. The first-order chi connectivity index (χ1) is 22.3. The normalized spacial score (nSPS) is 12.0. The summed E-state index contributed by atoms with van der Waals surface area (Å²) >= 11 is 0. The Balaban J connectivity index is 2.34. The zero-order valence-corrected chi connectivity index (χ0v) is 24.8. The highest BCUT2D eigenvalue weighted by Gasteiger charge is 2.51. The van der Waals surface area contributed by atoms with Gasteiger partial charge < -0.3 is 14.2 Å². The van der Waals surface area contributed by atoms with E-state index in [0.717, 1.165) is 57.7 Å². The number of carbonyl (C=O) groups excluding carboxylic acids is 3. The lowest BCUT2D eigenvalue weighted by Crippen LogP contribution is -2.23. The number of methoxy groups -OCH3 is 3. The summed E-state index contributed by atoms with van der Waals surface area (Å²) in [7, 11) is 2.93. The van der Waals surface area contributed by atoms with E-state index in [0.29, 0.717) is 36.4 Å². The number of hydrogen-bond donors (Lipinski definition) is 0. The third-order valence-electron chi connectivity index (χ3n) is 7.13. The van der Waals surface area contributed by atoms with E-state index >= 15 is 39.5 Å². The number of carbonyl (C=O) groups is 3. The summed E-state index contributed by atoms with van der Waals surface area (Å²) in [5.74, 6) is -2.96. The molecular formula is C33H21F9O6. The fourth-order valence-electron chi connectivity index (χ4n) is 5.14. The minimum atomic E-state index is -5.85. The molecule has 0 atom stereocenters. The predicted molar refractivity (Wildman–Crippen MR) is 152 cm³/mol. The summed E-state index contributed by atoms with van der Waals surface area (Å²) in [6.45, 7) is 0. The van der Waals surface area contributed by atoms with E-state index in [-0.39, 0.29) is 16.7 Å². The van der Waals surface area contributed by atoms with Crippen molar-refractivity contribution in [3.8, 4) is 33.4 Å². The molecule has 0 aromatic heterocycles. The lowest BCUT2D eigenvalue weighted by Gasteiger charge is -2.30. The van der Waals surface area contributed by atoms with Gasteiger partial charge in [-0.1, -0.05) is 36.4 Å². The Labute approximate surface area is 265 Å². The van der Waals surface area contributed by atoms with Gasteiger partial charge in [-0.3, -0.25) is 0 Å². The topological polar surface area (TPSA) is 78.9 Å². The molecule has 4 rings (SSSR count). The summed E-state index contributed by atoms with van der Waals surface area (Å²) < 4.78 is 150. The van der Waals surface area contributed by atoms with E-state index in [9.17, 15) is 14.4 Å². The van der Waals surface area contributed by atoms with Crippen LogP contribution in [0.15, 0.2) is 72.8 Å². The molecule has 0 fully saturated rings. The minimum Gasteiger partial charge on any atom is -0.465 e. The van der Waals surface area contributed by atoms with Crippen molar-refractivity contribution >= 4 is 17.9 Å². The minimum absolute atomic E-state index is 0.271. The molecule has 0 aliphatic carbocycles. The number of hydrogen-bond acceptors (Lipinski definition) is 6. The molecule has 0 saturated carbocycles. The molecule has 4 aromatic rings. The van der Waals surface area contributed by atoms with E-state index in [2.05, 4.69) is 14.2 Å². The molecule has 0 N–H and O–H groups in total. The number of rotatable bonds is 6. The van der Waals surface area contributed by atoms with Crippen LogP contribution >= 0.6 is 0 Å². The van der Waals surface area contributed by atoms with Crippen molar-refractivity contribution in [2.45, 2.75) is 18.5 Å². The molecule has 0 aliphatic heterocycles. The largest absolute Gasteiger partial charge is 0.465 e. The van der Waals surface area contributed by atoms with Crippen molar-refractivity contribution in [2.24, 2.45) is 0 Å². The predicted octanol–water partition coefficient (Wildman–Crippen LogP) is 9.10. The van der Waals surface area contributed by atoms with E-state index in [1.165, 1.54) is 0 Å². The highest BCUT2D eigenvalue weighted by molar-refractivity contribution is 5.97. The zero-order chi connectivity index (χ0) is 35.8. The molecule has 0 spiro atoms. The Kier molecular flexibility index (Phi) is 9.65. The van der Waals surface area contributed by atoms with Crippen LogP contribution in [0.1, 0.15) is 47.8 Å². The molecular weight excluding hydrogens is 663 g/mol. The van der Waals surface area contributed by atoms with Crippen LogP contribution in [0.5, 0.6) is 0 Å². The number of benzene rings is 4. The van der Waals surface area contributed by atoms with Gasteiger partial charge in [-0.15, -0.1) is 0 Å². The smallest absolute Gasteiger partial charge is 0.417 e. The summed E-state index contributed by atoms with van der Waals surface area (Å²) in [5, 5.41) is 0. The fourth-order valence-corrected chi connectivity index (χ4v) is 5.14. The molecule has 0 bridgehead atoms. The summed E-state index contributed by atoms with van der Waals surface area (Å²) in [6.07, 6.45) is -17.5. The molecule has 15 heteroatoms. The van der Waals surface area contributed by atoms with E-state index in [1.54, 1.807) is 0 Å². The summed E-state index contributed by atoms with van der Waals surface area (Å²) in [6, 6.07) is 9.43. The zero-order valence-electron chi connectivity index (χ0n) is 24.8.